The van der Waals surface area contributed by atoms with Crippen LogP contribution in [0.15, 0.2) is 30.3 Å². The summed E-state index contributed by atoms with van der Waals surface area (Å²) in [5.74, 6) is 0. The van der Waals surface area contributed by atoms with E-state index < -0.39 is 0 Å². The Morgan fingerprint density at radius 1 is 1.10 bits per heavy atom. The van der Waals surface area contributed by atoms with Gasteiger partial charge in [0.15, 0.2) is 0 Å². The van der Waals surface area contributed by atoms with Crippen LogP contribution >= 0.6 is 0 Å². The average molecular weight is 273 g/mol. The monoisotopic (exact) mass is 273 g/mol. The zero-order valence-electron chi connectivity index (χ0n) is 13.3. The van der Waals surface area contributed by atoms with E-state index in [9.17, 15) is 0 Å². The van der Waals surface area contributed by atoms with Crippen LogP contribution in [0, 0.1) is 5.41 Å². The molecule has 0 spiro atoms. The first-order valence-electron chi connectivity index (χ1n) is 8.52. The van der Waals surface area contributed by atoms with Crippen LogP contribution in [0.5, 0.6) is 0 Å². The van der Waals surface area contributed by atoms with Crippen molar-refractivity contribution >= 4 is 0 Å². The summed E-state index contributed by atoms with van der Waals surface area (Å²) in [4.78, 5) is 0. The maximum absolute atomic E-state index is 3.88. The van der Waals surface area contributed by atoms with Crippen molar-refractivity contribution in [2.45, 2.75) is 71.3 Å². The number of nitrogens with one attached hydrogen (secondary N) is 1. The summed E-state index contributed by atoms with van der Waals surface area (Å²) in [6.07, 6.45) is 10.9. The highest BCUT2D eigenvalue weighted by molar-refractivity contribution is 5.18. The van der Waals surface area contributed by atoms with Gasteiger partial charge in [0.25, 0.3) is 0 Å². The van der Waals surface area contributed by atoms with Crippen molar-refractivity contribution in [3.05, 3.63) is 35.9 Å². The van der Waals surface area contributed by atoms with Gasteiger partial charge in [-0.1, -0.05) is 76.3 Å². The molecule has 0 amide bonds. The molecule has 1 aliphatic rings. The largest absolute Gasteiger partial charge is 0.309 e. The van der Waals surface area contributed by atoms with E-state index in [1.807, 2.05) is 0 Å². The van der Waals surface area contributed by atoms with Gasteiger partial charge in [-0.2, -0.15) is 0 Å². The molecule has 1 saturated carbocycles. The fourth-order valence-corrected chi connectivity index (χ4v) is 3.43. The van der Waals surface area contributed by atoms with Gasteiger partial charge in [-0.3, -0.25) is 0 Å². The van der Waals surface area contributed by atoms with Gasteiger partial charge in [0.1, 0.15) is 0 Å². The normalized spacial score (nSPS) is 19.7. The smallest absolute Gasteiger partial charge is 0.0320 e. The van der Waals surface area contributed by atoms with Crippen molar-refractivity contribution in [3.63, 3.8) is 0 Å². The summed E-state index contributed by atoms with van der Waals surface area (Å²) >= 11 is 0. The zero-order valence-corrected chi connectivity index (χ0v) is 13.3. The predicted molar refractivity (Wildman–Crippen MR) is 87.9 cm³/mol. The van der Waals surface area contributed by atoms with Crippen LogP contribution in [-0.2, 0) is 0 Å². The Labute approximate surface area is 125 Å². The van der Waals surface area contributed by atoms with E-state index in [2.05, 4.69) is 49.5 Å². The Bertz CT molecular complexity index is 365. The van der Waals surface area contributed by atoms with E-state index in [4.69, 9.17) is 0 Å². The topological polar surface area (TPSA) is 12.0 Å². The molecule has 0 saturated heterocycles. The van der Waals surface area contributed by atoms with Gasteiger partial charge >= 0.3 is 0 Å². The van der Waals surface area contributed by atoms with Crippen molar-refractivity contribution in [3.8, 4) is 0 Å². The fourth-order valence-electron chi connectivity index (χ4n) is 3.43. The van der Waals surface area contributed by atoms with Gasteiger partial charge in [0.05, 0.1) is 0 Å². The molecule has 1 unspecified atom stereocenters. The van der Waals surface area contributed by atoms with Gasteiger partial charge in [-0.15, -0.1) is 0 Å². The van der Waals surface area contributed by atoms with Gasteiger partial charge in [0, 0.05) is 12.6 Å². The molecule has 2 rings (SSSR count). The SMILES string of the molecule is CCCCC(NCC1(C)CCCCC1)c1ccccc1. The predicted octanol–water partition coefficient (Wildman–Crippen LogP) is 5.48. The molecule has 0 aromatic heterocycles. The molecule has 1 atom stereocenters. The first-order valence-corrected chi connectivity index (χ1v) is 8.52. The lowest BCUT2D eigenvalue weighted by Gasteiger charge is -2.35. The molecule has 0 heterocycles. The third-order valence-electron chi connectivity index (χ3n) is 4.88. The molecule has 1 aromatic rings. The summed E-state index contributed by atoms with van der Waals surface area (Å²) in [7, 11) is 0. The standard InChI is InChI=1S/C19H31N/c1-3-4-13-18(17-11-7-5-8-12-17)20-16-19(2)14-9-6-10-15-19/h5,7-8,11-12,18,20H,3-4,6,9-10,13-16H2,1-2H3. The van der Waals surface area contributed by atoms with Crippen LogP contribution in [-0.4, -0.2) is 6.54 Å². The third kappa shape index (κ3) is 4.63. The van der Waals surface area contributed by atoms with Crippen LogP contribution in [0.3, 0.4) is 0 Å². The van der Waals surface area contributed by atoms with Gasteiger partial charge < -0.3 is 5.32 Å². The molecule has 20 heavy (non-hydrogen) atoms. The first kappa shape index (κ1) is 15.6. The lowest BCUT2D eigenvalue weighted by molar-refractivity contribution is 0.198. The molecule has 1 aromatic carbocycles. The number of hydrogen-bond acceptors (Lipinski definition) is 1. The van der Waals surface area contributed by atoms with E-state index >= 15 is 0 Å². The first-order chi connectivity index (χ1) is 9.73. The van der Waals surface area contributed by atoms with Crippen molar-refractivity contribution in [2.24, 2.45) is 5.41 Å². The molecule has 0 radical (unpaired) electrons. The van der Waals surface area contributed by atoms with Crippen LogP contribution < -0.4 is 5.32 Å². The van der Waals surface area contributed by atoms with Gasteiger partial charge in [-0.05, 0) is 30.2 Å². The number of benzene rings is 1. The van der Waals surface area contributed by atoms with Gasteiger partial charge in [-0.25, -0.2) is 0 Å². The lowest BCUT2D eigenvalue weighted by Crippen LogP contribution is -2.35. The Balaban J connectivity index is 1.93. The maximum Gasteiger partial charge on any atom is 0.0320 e. The van der Waals surface area contributed by atoms with Crippen molar-refractivity contribution in [1.82, 2.24) is 5.32 Å². The van der Waals surface area contributed by atoms with Crippen molar-refractivity contribution in [2.75, 3.05) is 6.54 Å². The van der Waals surface area contributed by atoms with E-state index in [1.165, 1.54) is 63.5 Å². The Hall–Kier alpha value is -0.820. The average Bonchev–Trinajstić information content (AvgIpc) is 2.49. The summed E-state index contributed by atoms with van der Waals surface area (Å²) in [6, 6.07) is 11.5. The minimum atomic E-state index is 0.525. The van der Waals surface area contributed by atoms with Crippen LogP contribution in [0.25, 0.3) is 0 Å². The highest BCUT2D eigenvalue weighted by atomic mass is 14.9. The van der Waals surface area contributed by atoms with E-state index in [-0.39, 0.29) is 0 Å². The molecular weight excluding hydrogens is 242 g/mol. The molecule has 0 bridgehead atoms. The van der Waals surface area contributed by atoms with Crippen molar-refractivity contribution in [1.29, 1.82) is 0 Å². The Morgan fingerprint density at radius 3 is 2.45 bits per heavy atom. The van der Waals surface area contributed by atoms with Crippen LogP contribution in [0.4, 0.5) is 0 Å². The van der Waals surface area contributed by atoms with Crippen LogP contribution in [0.1, 0.15) is 76.8 Å². The molecule has 1 nitrogen and oxygen atoms in total. The summed E-state index contributed by atoms with van der Waals surface area (Å²) in [5, 5.41) is 3.88. The molecule has 0 aliphatic heterocycles. The summed E-state index contributed by atoms with van der Waals surface area (Å²) in [5.41, 5.74) is 1.98. The highest BCUT2D eigenvalue weighted by Gasteiger charge is 2.27. The molecule has 1 fully saturated rings. The van der Waals surface area contributed by atoms with Crippen LogP contribution in [0.2, 0.25) is 0 Å². The third-order valence-corrected chi connectivity index (χ3v) is 4.88. The molecule has 1 aliphatic carbocycles. The molecule has 1 heteroatoms. The van der Waals surface area contributed by atoms with Gasteiger partial charge in [0.2, 0.25) is 0 Å². The maximum atomic E-state index is 3.88. The highest BCUT2D eigenvalue weighted by Crippen LogP contribution is 2.35. The quantitative estimate of drug-likeness (QED) is 0.694. The Morgan fingerprint density at radius 2 is 1.80 bits per heavy atom. The van der Waals surface area contributed by atoms with E-state index in [0.717, 1.165) is 0 Å². The fraction of sp³-hybridized carbons (Fsp3) is 0.684. The Kier molecular flexibility index (Phi) is 6.09. The molecule has 1 N–H and O–H groups in total. The zero-order chi connectivity index (χ0) is 14.3. The van der Waals surface area contributed by atoms with E-state index in [1.54, 1.807) is 0 Å². The minimum absolute atomic E-state index is 0.525. The van der Waals surface area contributed by atoms with Crippen molar-refractivity contribution < 1.29 is 0 Å². The molecule has 112 valence electrons. The minimum Gasteiger partial charge on any atom is -0.309 e. The van der Waals surface area contributed by atoms with E-state index in [0.29, 0.717) is 11.5 Å². The number of unbranched alkanes of at least 4 members (excludes halogenated alkanes) is 1. The molecular formula is C19H31N. The summed E-state index contributed by atoms with van der Waals surface area (Å²) in [6.45, 7) is 5.93. The number of rotatable bonds is 7. The second-order valence-electron chi connectivity index (χ2n) is 6.86. The lowest BCUT2D eigenvalue weighted by atomic mass is 9.75. The summed E-state index contributed by atoms with van der Waals surface area (Å²) < 4.78 is 0. The second-order valence-corrected chi connectivity index (χ2v) is 6.86. The number of hydrogen-bond donors (Lipinski definition) is 1. The second kappa shape index (κ2) is 7.83.